The van der Waals surface area contributed by atoms with Crippen LogP contribution in [0.1, 0.15) is 37.1 Å². The van der Waals surface area contributed by atoms with Gasteiger partial charge in [0.15, 0.2) is 0 Å². The van der Waals surface area contributed by atoms with Gasteiger partial charge in [-0.3, -0.25) is 0 Å². The summed E-state index contributed by atoms with van der Waals surface area (Å²) in [6, 6.07) is 4.06. The van der Waals surface area contributed by atoms with E-state index in [0.717, 1.165) is 6.54 Å². The van der Waals surface area contributed by atoms with Gasteiger partial charge in [-0.2, -0.15) is 11.3 Å². The quantitative estimate of drug-likeness (QED) is 0.849. The number of thiophene rings is 1. The molecule has 4 rings (SSSR count). The average molecular weight is 290 g/mol. The minimum Gasteiger partial charge on any atom is -0.407 e. The summed E-state index contributed by atoms with van der Waals surface area (Å²) < 4.78 is 5.82. The second kappa shape index (κ2) is 5.18. The van der Waals surface area contributed by atoms with Gasteiger partial charge in [0.25, 0.3) is 0 Å². The summed E-state index contributed by atoms with van der Waals surface area (Å²) in [7, 11) is 0. The molecule has 20 heavy (non-hydrogen) atoms. The number of nitrogens with zero attached hydrogens (tertiary/aromatic N) is 3. The van der Waals surface area contributed by atoms with Gasteiger partial charge >= 0.3 is 6.01 Å². The number of hydrogen-bond donors (Lipinski definition) is 1. The molecule has 5 nitrogen and oxygen atoms in total. The van der Waals surface area contributed by atoms with Gasteiger partial charge in [-0.05, 0) is 48.1 Å². The molecule has 0 radical (unpaired) electrons. The molecule has 0 aromatic carbocycles. The van der Waals surface area contributed by atoms with Crippen LogP contribution in [0.3, 0.4) is 0 Å². The van der Waals surface area contributed by atoms with Crippen LogP contribution in [0, 0.1) is 0 Å². The Labute approximate surface area is 122 Å². The maximum Gasteiger partial charge on any atom is 0.318 e. The molecule has 2 aromatic rings. The lowest BCUT2D eigenvalue weighted by Crippen LogP contribution is -2.25. The van der Waals surface area contributed by atoms with Gasteiger partial charge in [0.1, 0.15) is 0 Å². The predicted octanol–water partition coefficient (Wildman–Crippen LogP) is 2.55. The van der Waals surface area contributed by atoms with Crippen molar-refractivity contribution in [3.05, 3.63) is 28.3 Å². The van der Waals surface area contributed by atoms with Crippen LogP contribution in [0.4, 0.5) is 6.01 Å². The number of rotatable bonds is 7. The number of aromatic nitrogens is 2. The van der Waals surface area contributed by atoms with E-state index in [9.17, 15) is 0 Å². The highest BCUT2D eigenvalue weighted by atomic mass is 32.1. The Balaban J connectivity index is 1.45. The van der Waals surface area contributed by atoms with E-state index < -0.39 is 0 Å². The zero-order valence-corrected chi connectivity index (χ0v) is 12.1. The molecule has 2 aromatic heterocycles. The standard InChI is InChI=1S/C14H18N4OS/c1-2-11(1)15-7-13-16-17-14(19-13)18(12-3-4-12)8-10-5-6-20-9-10/h5-6,9,11-12,15H,1-4,7-8H2. The molecule has 2 fully saturated rings. The molecule has 2 saturated carbocycles. The Morgan fingerprint density at radius 1 is 1.30 bits per heavy atom. The molecule has 0 spiro atoms. The summed E-state index contributed by atoms with van der Waals surface area (Å²) in [5.41, 5.74) is 1.32. The lowest BCUT2D eigenvalue weighted by Gasteiger charge is -2.18. The third-order valence-electron chi connectivity index (χ3n) is 3.74. The Kier molecular flexibility index (Phi) is 3.20. The summed E-state index contributed by atoms with van der Waals surface area (Å²) in [5, 5.41) is 16.1. The zero-order valence-electron chi connectivity index (χ0n) is 11.3. The molecule has 106 valence electrons. The van der Waals surface area contributed by atoms with E-state index in [4.69, 9.17) is 4.42 Å². The highest BCUT2D eigenvalue weighted by molar-refractivity contribution is 7.07. The second-order valence-corrected chi connectivity index (χ2v) is 6.40. The molecule has 0 saturated heterocycles. The maximum absolute atomic E-state index is 5.82. The highest BCUT2D eigenvalue weighted by Gasteiger charge is 2.32. The molecule has 0 unspecified atom stereocenters. The zero-order chi connectivity index (χ0) is 13.4. The predicted molar refractivity (Wildman–Crippen MR) is 77.7 cm³/mol. The molecule has 2 aliphatic rings. The van der Waals surface area contributed by atoms with Crippen molar-refractivity contribution in [1.82, 2.24) is 15.5 Å². The van der Waals surface area contributed by atoms with Crippen LogP contribution >= 0.6 is 11.3 Å². The van der Waals surface area contributed by atoms with Gasteiger partial charge in [-0.25, -0.2) is 0 Å². The molecule has 2 heterocycles. The maximum atomic E-state index is 5.82. The first-order valence-electron chi connectivity index (χ1n) is 7.22. The van der Waals surface area contributed by atoms with Crippen LogP contribution in [-0.4, -0.2) is 22.3 Å². The van der Waals surface area contributed by atoms with Crippen molar-refractivity contribution < 1.29 is 4.42 Å². The Morgan fingerprint density at radius 2 is 2.20 bits per heavy atom. The molecule has 2 aliphatic carbocycles. The fourth-order valence-corrected chi connectivity index (χ4v) is 2.93. The van der Waals surface area contributed by atoms with E-state index in [1.54, 1.807) is 11.3 Å². The Bertz CT molecular complexity index is 560. The smallest absolute Gasteiger partial charge is 0.318 e. The number of hydrogen-bond acceptors (Lipinski definition) is 6. The molecule has 1 N–H and O–H groups in total. The van der Waals surface area contributed by atoms with Crippen molar-refractivity contribution in [3.63, 3.8) is 0 Å². The highest BCUT2D eigenvalue weighted by Crippen LogP contribution is 2.32. The third kappa shape index (κ3) is 2.86. The van der Waals surface area contributed by atoms with E-state index in [0.29, 0.717) is 30.5 Å². The largest absolute Gasteiger partial charge is 0.407 e. The molecule has 0 aliphatic heterocycles. The summed E-state index contributed by atoms with van der Waals surface area (Å²) in [6.45, 7) is 1.56. The van der Waals surface area contributed by atoms with E-state index in [-0.39, 0.29) is 0 Å². The van der Waals surface area contributed by atoms with Crippen LogP contribution in [-0.2, 0) is 13.1 Å². The van der Waals surface area contributed by atoms with Crippen molar-refractivity contribution in [2.75, 3.05) is 4.90 Å². The first-order chi connectivity index (χ1) is 9.88. The lowest BCUT2D eigenvalue weighted by atomic mass is 10.3. The molecule has 6 heteroatoms. The van der Waals surface area contributed by atoms with E-state index in [1.807, 2.05) is 0 Å². The Hall–Kier alpha value is -1.40. The molecule has 0 atom stereocenters. The van der Waals surface area contributed by atoms with Gasteiger partial charge in [0.05, 0.1) is 6.54 Å². The van der Waals surface area contributed by atoms with Crippen LogP contribution < -0.4 is 10.2 Å². The summed E-state index contributed by atoms with van der Waals surface area (Å²) in [6.07, 6.45) is 4.99. The first-order valence-corrected chi connectivity index (χ1v) is 8.16. The van der Waals surface area contributed by atoms with Crippen LogP contribution in [0.25, 0.3) is 0 Å². The summed E-state index contributed by atoms with van der Waals surface area (Å²) in [5.74, 6) is 0.697. The van der Waals surface area contributed by atoms with Crippen LogP contribution in [0.15, 0.2) is 21.2 Å². The van der Waals surface area contributed by atoms with Crippen LogP contribution in [0.2, 0.25) is 0 Å². The van der Waals surface area contributed by atoms with E-state index in [2.05, 4.69) is 37.2 Å². The molecular formula is C14H18N4OS. The first kappa shape index (κ1) is 12.3. The summed E-state index contributed by atoms with van der Waals surface area (Å²) in [4.78, 5) is 2.25. The number of nitrogens with one attached hydrogen (secondary N) is 1. The minimum absolute atomic E-state index is 0.569. The molecule has 0 bridgehead atoms. The van der Waals surface area contributed by atoms with Gasteiger partial charge < -0.3 is 14.6 Å². The fraction of sp³-hybridized carbons (Fsp3) is 0.571. The van der Waals surface area contributed by atoms with Gasteiger partial charge in [-0.1, -0.05) is 5.10 Å². The number of anilines is 1. The fourth-order valence-electron chi connectivity index (χ4n) is 2.27. The van der Waals surface area contributed by atoms with Gasteiger partial charge in [0, 0.05) is 18.6 Å². The molecule has 0 amide bonds. The third-order valence-corrected chi connectivity index (χ3v) is 4.47. The Morgan fingerprint density at radius 3 is 2.90 bits per heavy atom. The van der Waals surface area contributed by atoms with Crippen molar-refractivity contribution in [2.24, 2.45) is 0 Å². The lowest BCUT2D eigenvalue weighted by molar-refractivity contribution is 0.457. The van der Waals surface area contributed by atoms with Crippen molar-refractivity contribution in [1.29, 1.82) is 0 Å². The monoisotopic (exact) mass is 290 g/mol. The van der Waals surface area contributed by atoms with Crippen molar-refractivity contribution in [2.45, 2.75) is 50.9 Å². The minimum atomic E-state index is 0.569. The SMILES string of the molecule is c1cc(CN(c2nnc(CNC3CC3)o2)C2CC2)cs1. The van der Waals surface area contributed by atoms with Crippen molar-refractivity contribution in [3.8, 4) is 0 Å². The van der Waals surface area contributed by atoms with E-state index >= 15 is 0 Å². The summed E-state index contributed by atoms with van der Waals surface area (Å²) >= 11 is 1.73. The van der Waals surface area contributed by atoms with Crippen molar-refractivity contribution >= 4 is 17.4 Å². The normalized spacial score (nSPS) is 18.4. The second-order valence-electron chi connectivity index (χ2n) is 5.62. The van der Waals surface area contributed by atoms with E-state index in [1.165, 1.54) is 31.2 Å². The topological polar surface area (TPSA) is 54.2 Å². The molecular weight excluding hydrogens is 272 g/mol. The van der Waals surface area contributed by atoms with Gasteiger partial charge in [0.2, 0.25) is 5.89 Å². The van der Waals surface area contributed by atoms with Gasteiger partial charge in [-0.15, -0.1) is 5.10 Å². The average Bonchev–Trinajstić information content (AvgIpc) is 3.37. The van der Waals surface area contributed by atoms with Crippen LogP contribution in [0.5, 0.6) is 0 Å².